The summed E-state index contributed by atoms with van der Waals surface area (Å²) in [5.41, 5.74) is 2.95. The Bertz CT molecular complexity index is 838. The summed E-state index contributed by atoms with van der Waals surface area (Å²) < 4.78 is 5.31. The van der Waals surface area contributed by atoms with E-state index in [9.17, 15) is 9.59 Å². The lowest BCUT2D eigenvalue weighted by atomic mass is 9.98. The van der Waals surface area contributed by atoms with Crippen LogP contribution in [0.1, 0.15) is 57.0 Å². The van der Waals surface area contributed by atoms with Crippen molar-refractivity contribution in [3.05, 3.63) is 59.7 Å². The first kappa shape index (κ1) is 22.5. The standard InChI is InChI=1S/C24H32N2O3/c1-17(2)13-14-25-22(27)19-11-8-10-18(15-19)21-12-7-6-9-20(21)16-26-23(28)29-24(3,4)5/h6-12,15,17H,13-14,16H2,1-5H3,(H,25,27)(H,26,28). The number of carbonyl (C=O) groups is 2. The van der Waals surface area contributed by atoms with Crippen LogP contribution in [0.15, 0.2) is 48.5 Å². The second-order valence-corrected chi connectivity index (χ2v) is 8.53. The van der Waals surface area contributed by atoms with Gasteiger partial charge in [0, 0.05) is 18.7 Å². The van der Waals surface area contributed by atoms with Gasteiger partial charge in [0.2, 0.25) is 0 Å². The summed E-state index contributed by atoms with van der Waals surface area (Å²) in [5.74, 6) is 0.475. The second-order valence-electron chi connectivity index (χ2n) is 8.53. The van der Waals surface area contributed by atoms with Gasteiger partial charge in [0.15, 0.2) is 0 Å². The van der Waals surface area contributed by atoms with Crippen molar-refractivity contribution in [3.63, 3.8) is 0 Å². The monoisotopic (exact) mass is 396 g/mol. The molecule has 0 aliphatic rings. The van der Waals surface area contributed by atoms with Gasteiger partial charge in [-0.15, -0.1) is 0 Å². The van der Waals surface area contributed by atoms with Crippen molar-refractivity contribution in [2.45, 2.75) is 53.2 Å². The van der Waals surface area contributed by atoms with Gasteiger partial charge in [-0.2, -0.15) is 0 Å². The number of nitrogens with one attached hydrogen (secondary N) is 2. The first-order valence-electron chi connectivity index (χ1n) is 10.1. The van der Waals surface area contributed by atoms with Gasteiger partial charge in [0.05, 0.1) is 0 Å². The summed E-state index contributed by atoms with van der Waals surface area (Å²) in [6.07, 6.45) is 0.496. The normalized spacial score (nSPS) is 11.2. The van der Waals surface area contributed by atoms with Crippen LogP contribution in [-0.4, -0.2) is 24.1 Å². The highest BCUT2D eigenvalue weighted by Crippen LogP contribution is 2.25. The zero-order chi connectivity index (χ0) is 21.4. The Hall–Kier alpha value is -2.82. The number of hydrogen-bond donors (Lipinski definition) is 2. The zero-order valence-corrected chi connectivity index (χ0v) is 18.0. The first-order chi connectivity index (χ1) is 13.7. The van der Waals surface area contributed by atoms with Crippen molar-refractivity contribution in [2.75, 3.05) is 6.54 Å². The third-order valence-electron chi connectivity index (χ3n) is 4.28. The van der Waals surface area contributed by atoms with Crippen LogP contribution < -0.4 is 10.6 Å². The molecule has 0 fully saturated rings. The average molecular weight is 397 g/mol. The van der Waals surface area contributed by atoms with Gasteiger partial charge in [-0.1, -0.05) is 50.2 Å². The number of carbonyl (C=O) groups excluding carboxylic acids is 2. The molecule has 2 aromatic carbocycles. The molecule has 2 aromatic rings. The fourth-order valence-corrected chi connectivity index (χ4v) is 2.84. The Morgan fingerprint density at radius 1 is 1.00 bits per heavy atom. The van der Waals surface area contributed by atoms with Crippen molar-refractivity contribution < 1.29 is 14.3 Å². The first-order valence-corrected chi connectivity index (χ1v) is 10.1. The molecule has 0 bridgehead atoms. The van der Waals surface area contributed by atoms with E-state index in [1.165, 1.54) is 0 Å². The predicted octanol–water partition coefficient (Wildman–Crippen LogP) is 5.15. The Morgan fingerprint density at radius 3 is 2.41 bits per heavy atom. The maximum Gasteiger partial charge on any atom is 0.407 e. The molecular weight excluding hydrogens is 364 g/mol. The summed E-state index contributed by atoms with van der Waals surface area (Å²) in [7, 11) is 0. The number of hydrogen-bond acceptors (Lipinski definition) is 3. The van der Waals surface area contributed by atoms with Gasteiger partial charge in [-0.3, -0.25) is 4.79 Å². The highest BCUT2D eigenvalue weighted by Gasteiger charge is 2.16. The highest BCUT2D eigenvalue weighted by atomic mass is 16.6. The molecule has 29 heavy (non-hydrogen) atoms. The van der Waals surface area contributed by atoms with Crippen LogP contribution in [0.25, 0.3) is 11.1 Å². The predicted molar refractivity (Wildman–Crippen MR) is 117 cm³/mol. The van der Waals surface area contributed by atoms with E-state index in [0.717, 1.165) is 23.1 Å². The molecule has 2 N–H and O–H groups in total. The number of rotatable bonds is 7. The van der Waals surface area contributed by atoms with E-state index in [4.69, 9.17) is 4.74 Å². The Morgan fingerprint density at radius 2 is 1.72 bits per heavy atom. The molecule has 0 saturated heterocycles. The van der Waals surface area contributed by atoms with Crippen LogP contribution in [-0.2, 0) is 11.3 Å². The van der Waals surface area contributed by atoms with Crippen molar-refractivity contribution in [1.82, 2.24) is 10.6 Å². The Balaban J connectivity index is 2.12. The van der Waals surface area contributed by atoms with Crippen LogP contribution in [0.4, 0.5) is 4.79 Å². The molecule has 156 valence electrons. The van der Waals surface area contributed by atoms with E-state index in [1.807, 2.05) is 69.3 Å². The zero-order valence-electron chi connectivity index (χ0n) is 18.0. The molecule has 5 heteroatoms. The largest absolute Gasteiger partial charge is 0.444 e. The SMILES string of the molecule is CC(C)CCNC(=O)c1cccc(-c2ccccc2CNC(=O)OC(C)(C)C)c1. The van der Waals surface area contributed by atoms with E-state index in [0.29, 0.717) is 24.6 Å². The fraction of sp³-hybridized carbons (Fsp3) is 0.417. The third kappa shape index (κ3) is 7.60. The molecule has 0 aliphatic carbocycles. The van der Waals surface area contributed by atoms with Gasteiger partial charge in [0.1, 0.15) is 5.60 Å². The van der Waals surface area contributed by atoms with Crippen LogP contribution in [0.2, 0.25) is 0 Å². The van der Waals surface area contributed by atoms with Crippen LogP contribution in [0.3, 0.4) is 0 Å². The summed E-state index contributed by atoms with van der Waals surface area (Å²) >= 11 is 0. The van der Waals surface area contributed by atoms with Crippen LogP contribution >= 0.6 is 0 Å². The van der Waals surface area contributed by atoms with Gasteiger partial charge in [0.25, 0.3) is 5.91 Å². The molecule has 5 nitrogen and oxygen atoms in total. The summed E-state index contributed by atoms with van der Waals surface area (Å²) in [6.45, 7) is 10.8. The molecular formula is C24H32N2O3. The number of amides is 2. The lowest BCUT2D eigenvalue weighted by Gasteiger charge is -2.20. The van der Waals surface area contributed by atoms with Gasteiger partial charge in [-0.25, -0.2) is 4.79 Å². The van der Waals surface area contributed by atoms with Gasteiger partial charge < -0.3 is 15.4 Å². The van der Waals surface area contributed by atoms with Crippen LogP contribution in [0.5, 0.6) is 0 Å². The second kappa shape index (κ2) is 10.1. The summed E-state index contributed by atoms with van der Waals surface area (Å²) in [5, 5.41) is 5.77. The highest BCUT2D eigenvalue weighted by molar-refractivity contribution is 5.95. The molecule has 0 aliphatic heterocycles. The van der Waals surface area contributed by atoms with Crippen LogP contribution in [0, 0.1) is 5.92 Å². The maximum atomic E-state index is 12.5. The minimum atomic E-state index is -0.541. The lowest BCUT2D eigenvalue weighted by molar-refractivity contribution is 0.0523. The minimum absolute atomic E-state index is 0.0724. The molecule has 0 aromatic heterocycles. The third-order valence-corrected chi connectivity index (χ3v) is 4.28. The molecule has 0 radical (unpaired) electrons. The molecule has 2 amide bonds. The van der Waals surface area contributed by atoms with Crippen molar-refractivity contribution in [1.29, 1.82) is 0 Å². The Labute approximate surface area is 173 Å². The van der Waals surface area contributed by atoms with E-state index in [1.54, 1.807) is 0 Å². The van der Waals surface area contributed by atoms with Crippen molar-refractivity contribution >= 4 is 12.0 Å². The Kier molecular flexibility index (Phi) is 7.82. The summed E-state index contributed by atoms with van der Waals surface area (Å²) in [6, 6.07) is 15.4. The fourth-order valence-electron chi connectivity index (χ4n) is 2.84. The number of benzene rings is 2. The van der Waals surface area contributed by atoms with Gasteiger partial charge in [-0.05, 0) is 61.9 Å². The molecule has 0 heterocycles. The molecule has 2 rings (SSSR count). The molecule has 0 spiro atoms. The van der Waals surface area contributed by atoms with E-state index >= 15 is 0 Å². The van der Waals surface area contributed by atoms with Crippen molar-refractivity contribution in [3.8, 4) is 11.1 Å². The van der Waals surface area contributed by atoms with E-state index in [2.05, 4.69) is 24.5 Å². The van der Waals surface area contributed by atoms with Gasteiger partial charge >= 0.3 is 6.09 Å². The average Bonchev–Trinajstić information content (AvgIpc) is 2.65. The quantitative estimate of drug-likeness (QED) is 0.680. The minimum Gasteiger partial charge on any atom is -0.444 e. The lowest BCUT2D eigenvalue weighted by Crippen LogP contribution is -2.32. The smallest absolute Gasteiger partial charge is 0.407 e. The molecule has 0 atom stereocenters. The molecule has 0 saturated carbocycles. The van der Waals surface area contributed by atoms with E-state index < -0.39 is 11.7 Å². The van der Waals surface area contributed by atoms with Crippen molar-refractivity contribution in [2.24, 2.45) is 5.92 Å². The number of alkyl carbamates (subject to hydrolysis) is 1. The summed E-state index contributed by atoms with van der Waals surface area (Å²) in [4.78, 5) is 24.4. The number of ether oxygens (including phenoxy) is 1. The topological polar surface area (TPSA) is 67.4 Å². The maximum absolute atomic E-state index is 12.5. The van der Waals surface area contributed by atoms with E-state index in [-0.39, 0.29) is 5.91 Å². The molecule has 0 unspecified atom stereocenters.